The summed E-state index contributed by atoms with van der Waals surface area (Å²) >= 11 is 1.57. The summed E-state index contributed by atoms with van der Waals surface area (Å²) in [5.74, 6) is 0.361. The molecular weight excluding hydrogens is 412 g/mol. The molecule has 1 heterocycles. The predicted octanol–water partition coefficient (Wildman–Crippen LogP) is 5.07. The molecule has 1 aromatic heterocycles. The molecule has 0 saturated carbocycles. The van der Waals surface area contributed by atoms with Gasteiger partial charge in [-0.2, -0.15) is 0 Å². The number of nitro benzene ring substituents is 1. The topological polar surface area (TPSA) is 99.4 Å². The lowest BCUT2D eigenvalue weighted by molar-refractivity contribution is -0.385. The van der Waals surface area contributed by atoms with Crippen molar-refractivity contribution >= 4 is 37.1 Å². The first-order valence-corrected chi connectivity index (χ1v) is 11.1. The van der Waals surface area contributed by atoms with E-state index in [-0.39, 0.29) is 10.6 Å². The Kier molecular flexibility index (Phi) is 4.77. The highest BCUT2D eigenvalue weighted by atomic mass is 32.2. The fourth-order valence-electron chi connectivity index (χ4n) is 2.75. The van der Waals surface area contributed by atoms with E-state index >= 15 is 0 Å². The summed E-state index contributed by atoms with van der Waals surface area (Å²) in [4.78, 5) is 15.1. The van der Waals surface area contributed by atoms with Crippen LogP contribution in [0.1, 0.15) is 0 Å². The van der Waals surface area contributed by atoms with Gasteiger partial charge in [0, 0.05) is 17.9 Å². The monoisotopic (exact) mass is 426 g/mol. The summed E-state index contributed by atoms with van der Waals surface area (Å²) in [6.45, 7) is 0. The van der Waals surface area contributed by atoms with Crippen molar-refractivity contribution in [1.29, 1.82) is 0 Å². The molecule has 29 heavy (non-hydrogen) atoms. The Labute approximate surface area is 170 Å². The smallest absolute Gasteiger partial charge is 0.312 e. The van der Waals surface area contributed by atoms with Gasteiger partial charge in [-0.25, -0.2) is 13.4 Å². The van der Waals surface area contributed by atoms with Gasteiger partial charge in [-0.1, -0.05) is 12.1 Å². The fraction of sp³-hybridized carbons (Fsp3) is 0.0500. The van der Waals surface area contributed by atoms with Gasteiger partial charge in [0.1, 0.15) is 10.8 Å². The van der Waals surface area contributed by atoms with E-state index in [9.17, 15) is 18.5 Å². The van der Waals surface area contributed by atoms with E-state index in [4.69, 9.17) is 4.74 Å². The van der Waals surface area contributed by atoms with Crippen LogP contribution in [0.2, 0.25) is 0 Å². The number of nitro groups is 1. The summed E-state index contributed by atoms with van der Waals surface area (Å²) in [6.07, 6.45) is 0.993. The zero-order chi connectivity index (χ0) is 20.6. The molecule has 4 rings (SSSR count). The van der Waals surface area contributed by atoms with Crippen LogP contribution >= 0.6 is 11.3 Å². The lowest BCUT2D eigenvalue weighted by Gasteiger charge is -2.08. The van der Waals surface area contributed by atoms with Crippen molar-refractivity contribution in [1.82, 2.24) is 4.98 Å². The van der Waals surface area contributed by atoms with Gasteiger partial charge in [-0.15, -0.1) is 11.3 Å². The Hall–Kier alpha value is -3.30. The van der Waals surface area contributed by atoms with E-state index in [1.54, 1.807) is 23.5 Å². The van der Waals surface area contributed by atoms with Crippen molar-refractivity contribution in [2.45, 2.75) is 4.90 Å². The zero-order valence-electron chi connectivity index (χ0n) is 15.1. The first-order chi connectivity index (χ1) is 13.8. The maximum atomic E-state index is 11.6. The van der Waals surface area contributed by atoms with Crippen LogP contribution in [0, 0.1) is 10.1 Å². The molecule has 0 amide bonds. The summed E-state index contributed by atoms with van der Waals surface area (Å²) in [6, 6.07) is 18.5. The molecule has 9 heteroatoms. The molecule has 4 aromatic rings. The normalized spacial score (nSPS) is 11.5. The second-order valence-corrected chi connectivity index (χ2v) is 9.32. The van der Waals surface area contributed by atoms with Crippen molar-refractivity contribution in [2.24, 2.45) is 0 Å². The van der Waals surface area contributed by atoms with E-state index in [0.717, 1.165) is 33.1 Å². The van der Waals surface area contributed by atoms with Crippen LogP contribution in [-0.4, -0.2) is 24.6 Å². The van der Waals surface area contributed by atoms with Gasteiger partial charge < -0.3 is 4.74 Å². The maximum absolute atomic E-state index is 11.6. The summed E-state index contributed by atoms with van der Waals surface area (Å²) < 4.78 is 30.0. The average Bonchev–Trinajstić information content (AvgIpc) is 3.12. The standard InChI is InChI=1S/C20H14N2O5S2/c1-29(25,26)15-10-11-18(17(12-15)22(23)24)27-14-8-6-13(7-9-14)20-21-16-4-2-3-5-19(16)28-20/h2-12H,1H3. The van der Waals surface area contributed by atoms with E-state index in [1.807, 2.05) is 36.4 Å². The molecule has 0 fully saturated rings. The van der Waals surface area contributed by atoms with Gasteiger partial charge >= 0.3 is 5.69 Å². The first-order valence-electron chi connectivity index (χ1n) is 8.43. The van der Waals surface area contributed by atoms with E-state index < -0.39 is 20.4 Å². The minimum absolute atomic E-state index is 0.0323. The van der Waals surface area contributed by atoms with Gasteiger partial charge in [0.2, 0.25) is 5.75 Å². The van der Waals surface area contributed by atoms with Crippen molar-refractivity contribution in [2.75, 3.05) is 6.26 Å². The number of para-hydroxylation sites is 1. The van der Waals surface area contributed by atoms with Gasteiger partial charge in [0.15, 0.2) is 9.84 Å². The lowest BCUT2D eigenvalue weighted by Crippen LogP contribution is -2.00. The van der Waals surface area contributed by atoms with Crippen LogP contribution in [-0.2, 0) is 9.84 Å². The predicted molar refractivity (Wildman–Crippen MR) is 111 cm³/mol. The summed E-state index contributed by atoms with van der Waals surface area (Å²) in [7, 11) is -3.56. The largest absolute Gasteiger partial charge is 0.450 e. The lowest BCUT2D eigenvalue weighted by atomic mass is 10.2. The number of rotatable bonds is 5. The highest BCUT2D eigenvalue weighted by Gasteiger charge is 2.20. The zero-order valence-corrected chi connectivity index (χ0v) is 16.7. The van der Waals surface area contributed by atoms with Crippen molar-refractivity contribution in [3.8, 4) is 22.1 Å². The molecule has 0 unspecified atom stereocenters. The molecule has 0 saturated heterocycles. The minimum atomic E-state index is -3.56. The number of aromatic nitrogens is 1. The molecule has 146 valence electrons. The highest BCUT2D eigenvalue weighted by Crippen LogP contribution is 2.35. The van der Waals surface area contributed by atoms with Gasteiger partial charge in [0.05, 0.1) is 20.0 Å². The molecule has 0 aliphatic carbocycles. The van der Waals surface area contributed by atoms with Crippen LogP contribution in [0.4, 0.5) is 5.69 Å². The molecule has 3 aromatic carbocycles. The van der Waals surface area contributed by atoms with Crippen LogP contribution in [0.3, 0.4) is 0 Å². The molecule has 0 bridgehead atoms. The Balaban J connectivity index is 1.62. The maximum Gasteiger partial charge on any atom is 0.312 e. The molecule has 0 aliphatic rings. The number of hydrogen-bond donors (Lipinski definition) is 0. The van der Waals surface area contributed by atoms with Crippen LogP contribution in [0.5, 0.6) is 11.5 Å². The van der Waals surface area contributed by atoms with Crippen LogP contribution in [0.15, 0.2) is 71.6 Å². The molecular formula is C20H14N2O5S2. The molecule has 0 N–H and O–H groups in total. The first kappa shape index (κ1) is 19.0. The molecule has 7 nitrogen and oxygen atoms in total. The molecule has 0 radical (unpaired) electrons. The van der Waals surface area contributed by atoms with E-state index in [0.29, 0.717) is 5.75 Å². The quantitative estimate of drug-likeness (QED) is 0.326. The number of nitrogens with zero attached hydrogens (tertiary/aromatic N) is 2. The summed E-state index contributed by atoms with van der Waals surface area (Å²) in [5, 5.41) is 12.2. The Bertz CT molecular complexity index is 1300. The minimum Gasteiger partial charge on any atom is -0.450 e. The number of benzene rings is 3. The Morgan fingerprint density at radius 3 is 2.41 bits per heavy atom. The van der Waals surface area contributed by atoms with Crippen LogP contribution < -0.4 is 4.74 Å². The van der Waals surface area contributed by atoms with Crippen molar-refractivity contribution in [3.05, 3.63) is 76.8 Å². The third-order valence-electron chi connectivity index (χ3n) is 4.18. The average molecular weight is 426 g/mol. The Morgan fingerprint density at radius 1 is 1.03 bits per heavy atom. The third kappa shape index (κ3) is 3.96. The second-order valence-electron chi connectivity index (χ2n) is 6.27. The van der Waals surface area contributed by atoms with Gasteiger partial charge in [-0.05, 0) is 48.5 Å². The number of sulfone groups is 1. The number of hydrogen-bond acceptors (Lipinski definition) is 7. The van der Waals surface area contributed by atoms with E-state index in [1.165, 1.54) is 12.1 Å². The molecule has 0 atom stereocenters. The van der Waals surface area contributed by atoms with Crippen molar-refractivity contribution < 1.29 is 18.1 Å². The number of thiazole rings is 1. The van der Waals surface area contributed by atoms with E-state index in [2.05, 4.69) is 4.98 Å². The summed E-state index contributed by atoms with van der Waals surface area (Å²) in [5.41, 5.74) is 1.41. The van der Waals surface area contributed by atoms with Gasteiger partial charge in [-0.3, -0.25) is 10.1 Å². The third-order valence-corrected chi connectivity index (χ3v) is 6.37. The number of fused-ring (bicyclic) bond motifs is 1. The van der Waals surface area contributed by atoms with Crippen LogP contribution in [0.25, 0.3) is 20.8 Å². The highest BCUT2D eigenvalue weighted by molar-refractivity contribution is 7.90. The second kappa shape index (κ2) is 7.26. The Morgan fingerprint density at radius 2 is 1.76 bits per heavy atom. The molecule has 0 spiro atoms. The SMILES string of the molecule is CS(=O)(=O)c1ccc(Oc2ccc(-c3nc4ccccc4s3)cc2)c([N+](=O)[O-])c1. The molecule has 0 aliphatic heterocycles. The van der Waals surface area contributed by atoms with Crippen molar-refractivity contribution in [3.63, 3.8) is 0 Å². The fourth-order valence-corrected chi connectivity index (χ4v) is 4.36. The van der Waals surface area contributed by atoms with Gasteiger partial charge in [0.25, 0.3) is 0 Å². The number of ether oxygens (including phenoxy) is 1.